The molecule has 2 amide bonds. The largest absolute Gasteiger partial charge is 0.355 e. The predicted molar refractivity (Wildman–Crippen MR) is 119 cm³/mol. The molecule has 0 fully saturated rings. The number of amides is 2. The Morgan fingerprint density at radius 2 is 1.48 bits per heavy atom. The molecule has 0 bridgehead atoms. The van der Waals surface area contributed by atoms with Crippen LogP contribution in [0.25, 0.3) is 11.3 Å². The molecule has 0 saturated carbocycles. The molecule has 3 N–H and O–H groups in total. The number of halogens is 1. The van der Waals surface area contributed by atoms with Gasteiger partial charge in [0.2, 0.25) is 0 Å². The molecule has 0 spiro atoms. The molecule has 9 heteroatoms. The quantitative estimate of drug-likeness (QED) is 0.383. The number of aromatic nitrogens is 2. The van der Waals surface area contributed by atoms with Gasteiger partial charge in [-0.15, -0.1) is 21.8 Å². The van der Waals surface area contributed by atoms with Crippen LogP contribution in [-0.2, 0) is 0 Å². The van der Waals surface area contributed by atoms with Crippen molar-refractivity contribution in [3.05, 3.63) is 78.0 Å². The summed E-state index contributed by atoms with van der Waals surface area (Å²) in [6.07, 6.45) is 0. The molecule has 1 aromatic heterocycles. The van der Waals surface area contributed by atoms with E-state index in [4.69, 9.17) is 22.1 Å². The van der Waals surface area contributed by atoms with Crippen molar-refractivity contribution in [2.75, 3.05) is 21.8 Å². The lowest BCUT2D eigenvalue weighted by Crippen LogP contribution is -2.21. The van der Waals surface area contributed by atoms with Crippen LogP contribution in [0.3, 0.4) is 0 Å². The lowest BCUT2D eigenvalue weighted by atomic mass is 10.1. The standard InChI is InChI=1S/C22H16ClN7O/c23-12-20(16(13-24)14-25)26-18-8-4-5-9-19(18)27-22(31)28-21-11-10-17(29-30-21)15-6-2-1-3-7-15/h1-11,26H,12H2,(H2,27,28,30,31). The van der Waals surface area contributed by atoms with Crippen molar-refractivity contribution in [2.24, 2.45) is 0 Å². The van der Waals surface area contributed by atoms with Gasteiger partial charge in [-0.1, -0.05) is 42.5 Å². The molecule has 152 valence electrons. The number of hydrogen-bond acceptors (Lipinski definition) is 6. The maximum Gasteiger partial charge on any atom is 0.324 e. The summed E-state index contributed by atoms with van der Waals surface area (Å²) in [7, 11) is 0. The normalized spacial score (nSPS) is 9.65. The zero-order valence-electron chi connectivity index (χ0n) is 16.1. The molecular weight excluding hydrogens is 414 g/mol. The molecule has 0 aliphatic heterocycles. The molecule has 1 heterocycles. The number of benzene rings is 2. The molecule has 0 radical (unpaired) electrons. The fourth-order valence-electron chi connectivity index (χ4n) is 2.62. The molecule has 0 aliphatic rings. The SMILES string of the molecule is N#CC(C#N)=C(CCl)Nc1ccccc1NC(=O)Nc1ccc(-c2ccccc2)nn1. The maximum absolute atomic E-state index is 12.4. The highest BCUT2D eigenvalue weighted by atomic mass is 35.5. The Kier molecular flexibility index (Phi) is 7.15. The first-order valence-corrected chi connectivity index (χ1v) is 9.60. The fraction of sp³-hybridized carbons (Fsp3) is 0.0455. The van der Waals surface area contributed by atoms with E-state index in [9.17, 15) is 4.79 Å². The zero-order chi connectivity index (χ0) is 22.1. The summed E-state index contributed by atoms with van der Waals surface area (Å²) in [4.78, 5) is 12.4. The summed E-state index contributed by atoms with van der Waals surface area (Å²) < 4.78 is 0. The summed E-state index contributed by atoms with van der Waals surface area (Å²) in [5, 5.41) is 34.5. The second-order valence-corrected chi connectivity index (χ2v) is 6.40. The minimum Gasteiger partial charge on any atom is -0.355 e. The number of para-hydroxylation sites is 2. The van der Waals surface area contributed by atoms with Crippen LogP contribution in [0.5, 0.6) is 0 Å². The van der Waals surface area contributed by atoms with Crippen molar-refractivity contribution in [3.8, 4) is 23.4 Å². The Bertz CT molecular complexity index is 1160. The molecule has 0 aliphatic carbocycles. The number of urea groups is 1. The van der Waals surface area contributed by atoms with Crippen molar-refractivity contribution in [1.29, 1.82) is 10.5 Å². The van der Waals surface area contributed by atoms with Crippen LogP contribution < -0.4 is 16.0 Å². The van der Waals surface area contributed by atoms with Crippen molar-refractivity contribution in [1.82, 2.24) is 10.2 Å². The third-order valence-electron chi connectivity index (χ3n) is 4.10. The second-order valence-electron chi connectivity index (χ2n) is 6.13. The van der Waals surface area contributed by atoms with Gasteiger partial charge in [-0.2, -0.15) is 10.5 Å². The van der Waals surface area contributed by atoms with E-state index in [-0.39, 0.29) is 23.0 Å². The highest BCUT2D eigenvalue weighted by Crippen LogP contribution is 2.24. The summed E-state index contributed by atoms with van der Waals surface area (Å²) >= 11 is 5.85. The molecule has 0 saturated heterocycles. The van der Waals surface area contributed by atoms with Gasteiger partial charge in [0.15, 0.2) is 5.82 Å². The van der Waals surface area contributed by atoms with E-state index in [2.05, 4.69) is 26.1 Å². The van der Waals surface area contributed by atoms with Crippen LogP contribution in [0.1, 0.15) is 0 Å². The number of anilines is 3. The van der Waals surface area contributed by atoms with Gasteiger partial charge in [0.1, 0.15) is 17.7 Å². The van der Waals surface area contributed by atoms with Gasteiger partial charge in [0.05, 0.1) is 28.6 Å². The molecule has 3 aromatic rings. The van der Waals surface area contributed by atoms with Gasteiger partial charge < -0.3 is 10.6 Å². The number of hydrogen-bond donors (Lipinski definition) is 3. The van der Waals surface area contributed by atoms with Crippen molar-refractivity contribution in [2.45, 2.75) is 0 Å². The van der Waals surface area contributed by atoms with Crippen molar-refractivity contribution in [3.63, 3.8) is 0 Å². The summed E-state index contributed by atoms with van der Waals surface area (Å²) in [6.45, 7) is 0. The number of nitriles is 2. The summed E-state index contributed by atoms with van der Waals surface area (Å²) in [6, 6.07) is 22.8. The Labute approximate surface area is 183 Å². The summed E-state index contributed by atoms with van der Waals surface area (Å²) in [5.74, 6) is 0.209. The van der Waals surface area contributed by atoms with E-state index in [1.54, 1.807) is 48.5 Å². The third-order valence-corrected chi connectivity index (χ3v) is 4.36. The van der Waals surface area contributed by atoms with Crippen LogP contribution >= 0.6 is 11.6 Å². The minimum atomic E-state index is -0.534. The Morgan fingerprint density at radius 3 is 2.06 bits per heavy atom. The number of nitrogens with one attached hydrogen (secondary N) is 3. The van der Waals surface area contributed by atoms with E-state index in [0.717, 1.165) is 5.56 Å². The van der Waals surface area contributed by atoms with Gasteiger partial charge in [0, 0.05) is 5.56 Å². The molecule has 0 atom stereocenters. The predicted octanol–water partition coefficient (Wildman–Crippen LogP) is 4.74. The van der Waals surface area contributed by atoms with Crippen molar-refractivity contribution >= 4 is 34.8 Å². The maximum atomic E-state index is 12.4. The minimum absolute atomic E-state index is 0.0691. The smallest absolute Gasteiger partial charge is 0.324 e. The molecule has 3 rings (SSSR count). The molecule has 0 unspecified atom stereocenters. The third kappa shape index (κ3) is 5.57. The number of nitrogens with zero attached hydrogens (tertiary/aromatic N) is 4. The van der Waals surface area contributed by atoms with Crippen LogP contribution in [0.15, 0.2) is 78.0 Å². The number of alkyl halides is 1. The van der Waals surface area contributed by atoms with Gasteiger partial charge >= 0.3 is 6.03 Å². The van der Waals surface area contributed by atoms with Gasteiger partial charge in [-0.05, 0) is 24.3 Å². The number of carbonyl (C=O) groups excluding carboxylic acids is 1. The van der Waals surface area contributed by atoms with Crippen LogP contribution in [0.4, 0.5) is 22.0 Å². The Balaban J connectivity index is 1.71. The number of carbonyl (C=O) groups is 1. The van der Waals surface area contributed by atoms with Crippen molar-refractivity contribution < 1.29 is 4.79 Å². The Morgan fingerprint density at radius 1 is 0.839 bits per heavy atom. The first kappa shape index (κ1) is 21.3. The zero-order valence-corrected chi connectivity index (χ0v) is 16.9. The monoisotopic (exact) mass is 429 g/mol. The molecular formula is C22H16ClN7O. The second kappa shape index (κ2) is 10.4. The lowest BCUT2D eigenvalue weighted by molar-refractivity contribution is 0.262. The lowest BCUT2D eigenvalue weighted by Gasteiger charge is -2.14. The van der Waals surface area contributed by atoms with Crippen LogP contribution in [0.2, 0.25) is 0 Å². The van der Waals surface area contributed by atoms with Gasteiger partial charge in [-0.3, -0.25) is 5.32 Å². The highest BCUT2D eigenvalue weighted by Gasteiger charge is 2.11. The average molecular weight is 430 g/mol. The van der Waals surface area contributed by atoms with Gasteiger partial charge in [0.25, 0.3) is 0 Å². The van der Waals surface area contributed by atoms with Crippen LogP contribution in [-0.4, -0.2) is 22.1 Å². The van der Waals surface area contributed by atoms with Gasteiger partial charge in [-0.25, -0.2) is 4.79 Å². The van der Waals surface area contributed by atoms with E-state index >= 15 is 0 Å². The van der Waals surface area contributed by atoms with E-state index < -0.39 is 6.03 Å². The number of allylic oxidation sites excluding steroid dienone is 2. The first-order chi connectivity index (χ1) is 15.1. The Hall–Kier alpha value is -4.40. The topological polar surface area (TPSA) is 127 Å². The number of rotatable bonds is 6. The van der Waals surface area contributed by atoms with E-state index in [1.165, 1.54) is 0 Å². The fourth-order valence-corrected chi connectivity index (χ4v) is 2.82. The average Bonchev–Trinajstić information content (AvgIpc) is 2.81. The molecule has 8 nitrogen and oxygen atoms in total. The molecule has 2 aromatic carbocycles. The summed E-state index contributed by atoms with van der Waals surface area (Å²) in [5.41, 5.74) is 2.61. The highest BCUT2D eigenvalue weighted by molar-refractivity contribution is 6.19. The van der Waals surface area contributed by atoms with Crippen LogP contribution in [0, 0.1) is 22.7 Å². The molecule has 31 heavy (non-hydrogen) atoms. The first-order valence-electron chi connectivity index (χ1n) is 9.07. The van der Waals surface area contributed by atoms with E-state index in [0.29, 0.717) is 17.1 Å². The van der Waals surface area contributed by atoms with E-state index in [1.807, 2.05) is 30.3 Å².